The molecule has 7 nitrogen and oxygen atoms in total. The smallest absolute Gasteiger partial charge is 0.229 e. The van der Waals surface area contributed by atoms with Gasteiger partial charge in [0.1, 0.15) is 11.6 Å². The van der Waals surface area contributed by atoms with Crippen LogP contribution in [0.4, 0.5) is 17.5 Å². The number of hydrogen-bond acceptors (Lipinski definition) is 7. The van der Waals surface area contributed by atoms with E-state index in [0.717, 1.165) is 57.4 Å². The summed E-state index contributed by atoms with van der Waals surface area (Å²) in [7, 11) is 0. The Labute approximate surface area is 208 Å². The van der Waals surface area contributed by atoms with Gasteiger partial charge in [-0.15, -0.1) is 0 Å². The van der Waals surface area contributed by atoms with Crippen molar-refractivity contribution < 1.29 is 5.11 Å². The topological polar surface area (TPSA) is 86.2 Å². The van der Waals surface area contributed by atoms with E-state index in [9.17, 15) is 5.11 Å². The molecule has 3 N–H and O–H groups in total. The van der Waals surface area contributed by atoms with Crippen LogP contribution in [0.5, 0.6) is 5.75 Å². The fourth-order valence-electron chi connectivity index (χ4n) is 5.76. The highest BCUT2D eigenvalue weighted by Crippen LogP contribution is 2.39. The van der Waals surface area contributed by atoms with Crippen LogP contribution >= 0.6 is 0 Å². The highest BCUT2D eigenvalue weighted by molar-refractivity contribution is 6.01. The number of benzene rings is 3. The average molecular weight is 475 g/mol. The molecule has 2 aliphatic rings. The van der Waals surface area contributed by atoms with Gasteiger partial charge in [0.25, 0.3) is 0 Å². The Morgan fingerprint density at radius 2 is 1.75 bits per heavy atom. The zero-order chi connectivity index (χ0) is 24.1. The first-order valence-electron chi connectivity index (χ1n) is 12.4. The zero-order valence-corrected chi connectivity index (χ0v) is 19.7. The third-order valence-corrected chi connectivity index (χ3v) is 7.38. The van der Waals surface area contributed by atoms with E-state index >= 15 is 0 Å². The summed E-state index contributed by atoms with van der Waals surface area (Å²) in [4.78, 5) is 16.7. The highest BCUT2D eigenvalue weighted by atomic mass is 16.3. The van der Waals surface area contributed by atoms with Gasteiger partial charge < -0.3 is 20.6 Å². The maximum Gasteiger partial charge on any atom is 0.229 e. The van der Waals surface area contributed by atoms with Crippen LogP contribution in [0.25, 0.3) is 32.8 Å². The minimum atomic E-state index is 0.253. The summed E-state index contributed by atoms with van der Waals surface area (Å²) >= 11 is 0. The number of nitrogens with zero attached hydrogens (tertiary/aromatic N) is 4. The molecule has 2 aliphatic heterocycles. The first-order chi connectivity index (χ1) is 17.7. The molecule has 0 spiro atoms. The van der Waals surface area contributed by atoms with Gasteiger partial charge >= 0.3 is 0 Å². The van der Waals surface area contributed by atoms with Crippen LogP contribution in [0.3, 0.4) is 0 Å². The van der Waals surface area contributed by atoms with Gasteiger partial charge in [0.15, 0.2) is 0 Å². The maximum absolute atomic E-state index is 10.4. The summed E-state index contributed by atoms with van der Waals surface area (Å²) in [5.74, 6) is 1.79. The van der Waals surface area contributed by atoms with Gasteiger partial charge in [0.2, 0.25) is 5.95 Å². The fraction of sp³-hybridized carbons (Fsp3) is 0.207. The number of piperazine rings is 1. The minimum absolute atomic E-state index is 0.253. The average Bonchev–Trinajstić information content (AvgIpc) is 3.15. The molecule has 2 fully saturated rings. The molecular weight excluding hydrogens is 448 g/mol. The summed E-state index contributed by atoms with van der Waals surface area (Å²) in [6, 6.07) is 22.9. The molecule has 4 heterocycles. The Morgan fingerprint density at radius 1 is 0.889 bits per heavy atom. The van der Waals surface area contributed by atoms with Crippen molar-refractivity contribution >= 4 is 39.1 Å². The third-order valence-electron chi connectivity index (χ3n) is 7.38. The Morgan fingerprint density at radius 3 is 2.58 bits per heavy atom. The second-order valence-corrected chi connectivity index (χ2v) is 9.63. The first kappa shape index (κ1) is 21.1. The molecule has 36 heavy (non-hydrogen) atoms. The number of aromatic hydroxyl groups is 1. The number of rotatable bonds is 4. The van der Waals surface area contributed by atoms with Gasteiger partial charge in [0.05, 0.1) is 17.4 Å². The van der Waals surface area contributed by atoms with Crippen LogP contribution in [0.1, 0.15) is 12.8 Å². The fourth-order valence-corrected chi connectivity index (χ4v) is 5.76. The van der Waals surface area contributed by atoms with Crippen molar-refractivity contribution in [2.24, 2.45) is 0 Å². The van der Waals surface area contributed by atoms with Crippen molar-refractivity contribution in [1.29, 1.82) is 0 Å². The van der Waals surface area contributed by atoms with E-state index in [0.29, 0.717) is 18.0 Å². The zero-order valence-electron chi connectivity index (χ0n) is 19.7. The number of hydrogen-bond donors (Lipinski definition) is 3. The van der Waals surface area contributed by atoms with Gasteiger partial charge in [-0.05, 0) is 71.1 Å². The van der Waals surface area contributed by atoms with Crippen molar-refractivity contribution in [2.45, 2.75) is 24.9 Å². The summed E-state index contributed by atoms with van der Waals surface area (Å²) in [6.45, 7) is 1.95. The van der Waals surface area contributed by atoms with E-state index in [1.807, 2.05) is 36.4 Å². The molecule has 0 aliphatic carbocycles. The number of pyridine rings is 1. The van der Waals surface area contributed by atoms with Crippen molar-refractivity contribution in [2.75, 3.05) is 23.3 Å². The van der Waals surface area contributed by atoms with Gasteiger partial charge in [-0.25, -0.2) is 4.98 Å². The molecule has 0 saturated carbocycles. The number of phenols is 1. The molecule has 7 rings (SSSR count). The maximum atomic E-state index is 10.4. The molecule has 5 aromatic rings. The van der Waals surface area contributed by atoms with E-state index in [1.165, 1.54) is 12.8 Å². The molecule has 0 radical (unpaired) electrons. The Kier molecular flexibility index (Phi) is 4.96. The minimum Gasteiger partial charge on any atom is -0.508 e. The van der Waals surface area contributed by atoms with Gasteiger partial charge in [-0.3, -0.25) is 4.98 Å². The summed E-state index contributed by atoms with van der Waals surface area (Å²) in [6.07, 6.45) is 5.86. The van der Waals surface area contributed by atoms with Crippen molar-refractivity contribution in [3.05, 3.63) is 79.1 Å². The SMILES string of the molecule is Oc1cc(-c2ccc3c(N4[C@@H]5CC[C@H]4CNC5)nc(Nc4cccnc4)nc3c2)c2ccccc2c1. The molecule has 7 heteroatoms. The molecule has 3 aromatic carbocycles. The van der Waals surface area contributed by atoms with Crippen LogP contribution < -0.4 is 15.5 Å². The largest absolute Gasteiger partial charge is 0.508 e. The monoisotopic (exact) mass is 474 g/mol. The summed E-state index contributed by atoms with van der Waals surface area (Å²) in [5.41, 5.74) is 3.71. The number of anilines is 3. The molecule has 2 atom stereocenters. The van der Waals surface area contributed by atoms with Crippen molar-refractivity contribution in [1.82, 2.24) is 20.3 Å². The Balaban J connectivity index is 1.41. The molecular formula is C29H26N6O. The van der Waals surface area contributed by atoms with Crippen molar-refractivity contribution in [3.63, 3.8) is 0 Å². The van der Waals surface area contributed by atoms with Crippen LogP contribution in [-0.2, 0) is 0 Å². The highest BCUT2D eigenvalue weighted by Gasteiger charge is 2.38. The number of aromatic nitrogens is 3. The lowest BCUT2D eigenvalue weighted by molar-refractivity contribution is 0.476. The first-order valence-corrected chi connectivity index (χ1v) is 12.4. The molecule has 2 aromatic heterocycles. The normalized spacial score (nSPS) is 19.2. The van der Waals surface area contributed by atoms with Crippen LogP contribution in [-0.4, -0.2) is 45.2 Å². The Hall–Kier alpha value is -4.23. The second-order valence-electron chi connectivity index (χ2n) is 9.63. The van der Waals surface area contributed by atoms with Gasteiger partial charge in [-0.2, -0.15) is 4.98 Å². The summed E-state index contributed by atoms with van der Waals surface area (Å²) < 4.78 is 0. The summed E-state index contributed by atoms with van der Waals surface area (Å²) in [5, 5.41) is 20.5. The molecule has 2 bridgehead atoms. The van der Waals surface area contributed by atoms with Crippen LogP contribution in [0.15, 0.2) is 79.1 Å². The lowest BCUT2D eigenvalue weighted by Crippen LogP contribution is -2.52. The predicted molar refractivity (Wildman–Crippen MR) is 144 cm³/mol. The quantitative estimate of drug-likeness (QED) is 0.329. The van der Waals surface area contributed by atoms with Gasteiger partial charge in [0, 0.05) is 36.8 Å². The van der Waals surface area contributed by atoms with E-state index in [2.05, 4.69) is 44.8 Å². The van der Waals surface area contributed by atoms with Crippen LogP contribution in [0.2, 0.25) is 0 Å². The Bertz CT molecular complexity index is 1570. The lowest BCUT2D eigenvalue weighted by Gasteiger charge is -2.37. The van der Waals surface area contributed by atoms with E-state index < -0.39 is 0 Å². The molecule has 0 amide bonds. The van der Waals surface area contributed by atoms with Gasteiger partial charge in [-0.1, -0.05) is 30.3 Å². The van der Waals surface area contributed by atoms with Crippen molar-refractivity contribution in [3.8, 4) is 16.9 Å². The van der Waals surface area contributed by atoms with E-state index in [4.69, 9.17) is 9.97 Å². The molecule has 2 saturated heterocycles. The number of nitrogens with one attached hydrogen (secondary N) is 2. The lowest BCUT2D eigenvalue weighted by atomic mass is 9.97. The van der Waals surface area contributed by atoms with E-state index in [1.54, 1.807) is 18.5 Å². The second kappa shape index (κ2) is 8.46. The number of phenolic OH excluding ortho intramolecular Hbond substituents is 1. The standard InChI is InChI=1S/C29H26N6O/c36-23-12-18-4-1-2-6-24(18)26(14-23)19-7-10-25-27(13-19)33-29(32-20-5-3-11-30-15-20)34-28(25)35-21-8-9-22(35)17-31-16-21/h1-7,10-15,21-22,31,36H,8-9,16-17H2,(H,32,33,34)/t21-,22+. The molecule has 0 unspecified atom stereocenters. The third kappa shape index (κ3) is 3.60. The van der Waals surface area contributed by atoms with Crippen LogP contribution in [0, 0.1) is 0 Å². The number of fused-ring (bicyclic) bond motifs is 4. The van der Waals surface area contributed by atoms with E-state index in [-0.39, 0.29) is 5.75 Å². The molecule has 178 valence electrons. The predicted octanol–water partition coefficient (Wildman–Crippen LogP) is 5.23.